The number of aliphatic hydroxyl groups is 1. The van der Waals surface area contributed by atoms with Gasteiger partial charge in [0.1, 0.15) is 0 Å². The zero-order valence-electron chi connectivity index (χ0n) is 12.2. The van der Waals surface area contributed by atoms with Crippen LogP contribution in [0.3, 0.4) is 0 Å². The summed E-state index contributed by atoms with van der Waals surface area (Å²) in [6, 6.07) is 7.49. The lowest BCUT2D eigenvalue weighted by Crippen LogP contribution is -2.39. The quantitative estimate of drug-likeness (QED) is 0.927. The Kier molecular flexibility index (Phi) is 4.51. The average Bonchev–Trinajstić information content (AvgIpc) is 2.92. The lowest BCUT2D eigenvalue weighted by molar-refractivity contribution is -0.134. The van der Waals surface area contributed by atoms with Gasteiger partial charge in [-0.3, -0.25) is 4.79 Å². The molecule has 0 spiro atoms. The third-order valence-corrected chi connectivity index (χ3v) is 5.21. The molecule has 3 nitrogen and oxygen atoms in total. The summed E-state index contributed by atoms with van der Waals surface area (Å²) in [5.41, 5.74) is 0.757. The summed E-state index contributed by atoms with van der Waals surface area (Å²) in [6.45, 7) is 0.863. The summed E-state index contributed by atoms with van der Waals surface area (Å²) in [4.78, 5) is 14.5. The molecule has 1 saturated heterocycles. The molecular formula is C17H22ClNO2. The third-order valence-electron chi connectivity index (χ3n) is 4.95. The van der Waals surface area contributed by atoms with Gasteiger partial charge in [0, 0.05) is 17.6 Å². The molecule has 4 heteroatoms. The highest BCUT2D eigenvalue weighted by atomic mass is 35.5. The van der Waals surface area contributed by atoms with Gasteiger partial charge in [-0.05, 0) is 42.9 Å². The Morgan fingerprint density at radius 2 is 1.95 bits per heavy atom. The topological polar surface area (TPSA) is 40.5 Å². The van der Waals surface area contributed by atoms with Crippen LogP contribution in [0.4, 0.5) is 0 Å². The van der Waals surface area contributed by atoms with Gasteiger partial charge in [0.05, 0.1) is 12.5 Å². The molecule has 0 bridgehead atoms. The molecule has 1 aliphatic heterocycles. The molecule has 1 aromatic carbocycles. The fraction of sp³-hybridized carbons (Fsp3) is 0.588. The molecule has 2 fully saturated rings. The van der Waals surface area contributed by atoms with Crippen molar-refractivity contribution in [3.05, 3.63) is 34.9 Å². The Hall–Kier alpha value is -1.06. The smallest absolute Gasteiger partial charge is 0.225 e. The van der Waals surface area contributed by atoms with E-state index in [1.165, 1.54) is 19.3 Å². The third kappa shape index (κ3) is 3.24. The van der Waals surface area contributed by atoms with Crippen molar-refractivity contribution in [2.45, 2.75) is 50.7 Å². The molecule has 3 unspecified atom stereocenters. The molecule has 0 aromatic heterocycles. The van der Waals surface area contributed by atoms with Crippen LogP contribution >= 0.6 is 11.6 Å². The number of benzene rings is 1. The molecule has 1 heterocycles. The first-order valence-corrected chi connectivity index (χ1v) is 8.26. The Labute approximate surface area is 130 Å². The number of nitrogens with zero attached hydrogens (tertiary/aromatic N) is 1. The lowest BCUT2D eigenvalue weighted by Gasteiger charge is -2.32. The zero-order chi connectivity index (χ0) is 14.8. The van der Waals surface area contributed by atoms with Crippen LogP contribution in [0.1, 0.15) is 50.2 Å². The molecule has 21 heavy (non-hydrogen) atoms. The van der Waals surface area contributed by atoms with Crippen molar-refractivity contribution >= 4 is 17.5 Å². The molecular weight excluding hydrogens is 286 g/mol. The molecule has 2 aliphatic rings. The maximum absolute atomic E-state index is 12.5. The highest BCUT2D eigenvalue weighted by Gasteiger charge is 2.38. The Morgan fingerprint density at radius 3 is 2.71 bits per heavy atom. The number of rotatable bonds is 3. The number of amides is 1. The Morgan fingerprint density at radius 1 is 1.24 bits per heavy atom. The van der Waals surface area contributed by atoms with E-state index in [4.69, 9.17) is 11.6 Å². The predicted octanol–water partition coefficient (Wildman–Crippen LogP) is 3.55. The van der Waals surface area contributed by atoms with E-state index in [0.717, 1.165) is 24.9 Å². The van der Waals surface area contributed by atoms with Crippen LogP contribution in [-0.4, -0.2) is 28.5 Å². The summed E-state index contributed by atoms with van der Waals surface area (Å²) in [5, 5.41) is 10.9. The summed E-state index contributed by atoms with van der Waals surface area (Å²) in [7, 11) is 0. The highest BCUT2D eigenvalue weighted by molar-refractivity contribution is 6.30. The normalized spacial score (nSPS) is 26.5. The van der Waals surface area contributed by atoms with E-state index < -0.39 is 6.10 Å². The van der Waals surface area contributed by atoms with Crippen molar-refractivity contribution < 1.29 is 9.90 Å². The molecule has 114 valence electrons. The molecule has 1 aliphatic carbocycles. The Balaban J connectivity index is 1.62. The molecule has 1 aromatic rings. The fourth-order valence-corrected chi connectivity index (χ4v) is 3.93. The van der Waals surface area contributed by atoms with Gasteiger partial charge >= 0.3 is 0 Å². The van der Waals surface area contributed by atoms with Crippen LogP contribution in [0.2, 0.25) is 5.02 Å². The number of fused-ring (bicyclic) bond motifs is 1. The van der Waals surface area contributed by atoms with E-state index in [1.807, 2.05) is 4.90 Å². The monoisotopic (exact) mass is 307 g/mol. The number of likely N-dealkylation sites (tertiary alicyclic amines) is 1. The summed E-state index contributed by atoms with van der Waals surface area (Å²) in [6.07, 6.45) is 5.48. The van der Waals surface area contributed by atoms with Crippen LogP contribution < -0.4 is 0 Å². The standard InChI is InChI=1S/C17H22ClNO2/c18-14-7-5-13(6-8-14)16(20)11-17(21)19-10-9-12-3-1-2-4-15(12)19/h5-8,12,15-16,20H,1-4,9-11H2. The second kappa shape index (κ2) is 6.37. The van der Waals surface area contributed by atoms with E-state index in [9.17, 15) is 9.90 Å². The number of carbonyl (C=O) groups excluding carboxylic acids is 1. The Bertz CT molecular complexity index is 502. The van der Waals surface area contributed by atoms with Gasteiger partial charge in [-0.15, -0.1) is 0 Å². The predicted molar refractivity (Wildman–Crippen MR) is 83.1 cm³/mol. The van der Waals surface area contributed by atoms with Crippen LogP contribution in [0.15, 0.2) is 24.3 Å². The van der Waals surface area contributed by atoms with Crippen LogP contribution in [-0.2, 0) is 4.79 Å². The first-order valence-electron chi connectivity index (χ1n) is 7.88. The lowest BCUT2D eigenvalue weighted by atomic mass is 9.85. The van der Waals surface area contributed by atoms with Crippen molar-refractivity contribution in [3.63, 3.8) is 0 Å². The molecule has 0 radical (unpaired) electrons. The van der Waals surface area contributed by atoms with Gasteiger partial charge in [-0.25, -0.2) is 0 Å². The van der Waals surface area contributed by atoms with Gasteiger partial charge in [0.15, 0.2) is 0 Å². The maximum Gasteiger partial charge on any atom is 0.225 e. The first kappa shape index (κ1) is 14.9. The highest BCUT2D eigenvalue weighted by Crippen LogP contribution is 2.37. The minimum absolute atomic E-state index is 0.0897. The van der Waals surface area contributed by atoms with Crippen LogP contribution in [0.5, 0.6) is 0 Å². The van der Waals surface area contributed by atoms with E-state index in [-0.39, 0.29) is 12.3 Å². The first-order chi connectivity index (χ1) is 10.1. The minimum atomic E-state index is -0.739. The van der Waals surface area contributed by atoms with Crippen LogP contribution in [0, 0.1) is 5.92 Å². The molecule has 1 N–H and O–H groups in total. The minimum Gasteiger partial charge on any atom is -0.388 e. The number of hydrogen-bond acceptors (Lipinski definition) is 2. The summed E-state index contributed by atoms with van der Waals surface area (Å²) in [5.74, 6) is 0.780. The average molecular weight is 308 g/mol. The molecule has 3 atom stereocenters. The van der Waals surface area contributed by atoms with E-state index in [0.29, 0.717) is 17.0 Å². The van der Waals surface area contributed by atoms with Crippen molar-refractivity contribution in [2.75, 3.05) is 6.54 Å². The SMILES string of the molecule is O=C(CC(O)c1ccc(Cl)cc1)N1CCC2CCCCC21. The second-order valence-corrected chi connectivity index (χ2v) is 6.70. The molecule has 1 saturated carbocycles. The summed E-state index contributed by atoms with van der Waals surface area (Å²) >= 11 is 5.85. The van der Waals surface area contributed by atoms with Gasteiger partial charge in [0.2, 0.25) is 5.91 Å². The van der Waals surface area contributed by atoms with E-state index in [2.05, 4.69) is 0 Å². The van der Waals surface area contributed by atoms with Crippen molar-refractivity contribution in [3.8, 4) is 0 Å². The van der Waals surface area contributed by atoms with Crippen molar-refractivity contribution in [1.29, 1.82) is 0 Å². The number of aliphatic hydroxyl groups excluding tert-OH is 1. The van der Waals surface area contributed by atoms with Gasteiger partial charge in [0.25, 0.3) is 0 Å². The summed E-state index contributed by atoms with van der Waals surface area (Å²) < 4.78 is 0. The number of halogens is 1. The second-order valence-electron chi connectivity index (χ2n) is 6.26. The molecule has 3 rings (SSSR count). The van der Waals surface area contributed by atoms with E-state index in [1.54, 1.807) is 24.3 Å². The fourth-order valence-electron chi connectivity index (χ4n) is 3.80. The number of carbonyl (C=O) groups is 1. The van der Waals surface area contributed by atoms with Crippen molar-refractivity contribution in [2.24, 2.45) is 5.92 Å². The van der Waals surface area contributed by atoms with Crippen molar-refractivity contribution in [1.82, 2.24) is 4.90 Å². The van der Waals surface area contributed by atoms with E-state index >= 15 is 0 Å². The maximum atomic E-state index is 12.5. The van der Waals surface area contributed by atoms with Gasteiger partial charge in [-0.1, -0.05) is 36.6 Å². The molecule has 1 amide bonds. The largest absolute Gasteiger partial charge is 0.388 e. The van der Waals surface area contributed by atoms with Crippen LogP contribution in [0.25, 0.3) is 0 Å². The van der Waals surface area contributed by atoms with Gasteiger partial charge in [-0.2, -0.15) is 0 Å². The number of hydrogen-bond donors (Lipinski definition) is 1. The zero-order valence-corrected chi connectivity index (χ0v) is 12.9. The van der Waals surface area contributed by atoms with Gasteiger partial charge < -0.3 is 10.0 Å².